The minimum absolute atomic E-state index is 0.0502. The fraction of sp³-hybridized carbons (Fsp3) is 0.750. The van der Waals surface area contributed by atoms with Crippen LogP contribution in [-0.4, -0.2) is 23.8 Å². The van der Waals surface area contributed by atoms with Crippen LogP contribution in [0.25, 0.3) is 0 Å². The molecule has 0 aromatic heterocycles. The van der Waals surface area contributed by atoms with Crippen molar-refractivity contribution in [3.63, 3.8) is 0 Å². The molecule has 3 rings (SSSR count). The predicted molar refractivity (Wildman–Crippen MR) is 90.8 cm³/mol. The number of hydrogen-bond donors (Lipinski definition) is 1. The van der Waals surface area contributed by atoms with Gasteiger partial charge in [-0.15, -0.1) is 0 Å². The van der Waals surface area contributed by atoms with Crippen LogP contribution in [0.3, 0.4) is 0 Å². The van der Waals surface area contributed by atoms with E-state index in [1.165, 1.54) is 5.57 Å². The highest BCUT2D eigenvalue weighted by Gasteiger charge is 2.55. The summed E-state index contributed by atoms with van der Waals surface area (Å²) in [5.74, 6) is 0.754. The molecule has 1 heterocycles. The van der Waals surface area contributed by atoms with Crippen molar-refractivity contribution in [2.24, 2.45) is 22.7 Å². The number of esters is 1. The van der Waals surface area contributed by atoms with Gasteiger partial charge in [0, 0.05) is 12.0 Å². The number of hydrogen-bond acceptors (Lipinski definition) is 3. The number of fused-ring (bicyclic) bond motifs is 1. The van der Waals surface area contributed by atoms with Crippen LogP contribution in [0.1, 0.15) is 59.3 Å². The topological polar surface area (TPSA) is 46.5 Å². The van der Waals surface area contributed by atoms with Gasteiger partial charge in [0.15, 0.2) is 0 Å². The summed E-state index contributed by atoms with van der Waals surface area (Å²) in [6.07, 6.45) is 7.56. The van der Waals surface area contributed by atoms with Crippen LogP contribution in [0.4, 0.5) is 0 Å². The van der Waals surface area contributed by atoms with Gasteiger partial charge in [-0.05, 0) is 54.8 Å². The largest absolute Gasteiger partial charge is 0.462 e. The summed E-state index contributed by atoms with van der Waals surface area (Å²) >= 11 is 0. The Morgan fingerprint density at radius 1 is 1.30 bits per heavy atom. The zero-order valence-corrected chi connectivity index (χ0v) is 14.7. The van der Waals surface area contributed by atoms with Crippen molar-refractivity contribution in [2.75, 3.05) is 6.61 Å². The molecule has 23 heavy (non-hydrogen) atoms. The molecule has 0 unspecified atom stereocenters. The average molecular weight is 318 g/mol. The zero-order valence-electron chi connectivity index (χ0n) is 14.7. The van der Waals surface area contributed by atoms with E-state index in [9.17, 15) is 9.90 Å². The van der Waals surface area contributed by atoms with E-state index >= 15 is 0 Å². The highest BCUT2D eigenvalue weighted by Crippen LogP contribution is 2.61. The third-order valence-electron chi connectivity index (χ3n) is 7.02. The molecule has 2 aliphatic carbocycles. The molecule has 1 aliphatic heterocycles. The Bertz CT molecular complexity index is 545. The average Bonchev–Trinajstić information content (AvgIpc) is 2.88. The fourth-order valence-electron chi connectivity index (χ4n) is 5.49. The van der Waals surface area contributed by atoms with E-state index in [0.717, 1.165) is 44.1 Å². The third kappa shape index (κ3) is 2.67. The Kier molecular flexibility index (Phi) is 4.20. The van der Waals surface area contributed by atoms with E-state index in [1.807, 2.05) is 0 Å². The van der Waals surface area contributed by atoms with Crippen molar-refractivity contribution >= 4 is 5.97 Å². The molecule has 3 aliphatic rings. The Morgan fingerprint density at radius 2 is 2.04 bits per heavy atom. The van der Waals surface area contributed by atoms with E-state index in [0.29, 0.717) is 18.4 Å². The second kappa shape index (κ2) is 5.77. The lowest BCUT2D eigenvalue weighted by Gasteiger charge is -2.59. The number of ether oxygens (including phenoxy) is 1. The molecule has 1 saturated heterocycles. The van der Waals surface area contributed by atoms with Gasteiger partial charge in [0.1, 0.15) is 0 Å². The molecule has 1 N–H and O–H groups in total. The second-order valence-electron chi connectivity index (χ2n) is 8.53. The van der Waals surface area contributed by atoms with Gasteiger partial charge in [-0.3, -0.25) is 0 Å². The number of carbonyl (C=O) groups excluding carboxylic acids is 1. The number of carbonyl (C=O) groups is 1. The molecule has 0 amide bonds. The van der Waals surface area contributed by atoms with Crippen LogP contribution in [0, 0.1) is 22.7 Å². The monoisotopic (exact) mass is 318 g/mol. The molecular formula is C20H30O3. The van der Waals surface area contributed by atoms with Crippen molar-refractivity contribution in [1.29, 1.82) is 0 Å². The molecule has 3 heteroatoms. The van der Waals surface area contributed by atoms with E-state index in [2.05, 4.69) is 33.4 Å². The first-order chi connectivity index (χ1) is 10.8. The van der Waals surface area contributed by atoms with Crippen molar-refractivity contribution in [3.8, 4) is 0 Å². The van der Waals surface area contributed by atoms with E-state index in [-0.39, 0.29) is 22.9 Å². The van der Waals surface area contributed by atoms with Crippen molar-refractivity contribution in [2.45, 2.75) is 65.4 Å². The summed E-state index contributed by atoms with van der Waals surface area (Å²) in [6.45, 7) is 11.7. The number of aliphatic hydroxyl groups excluding tert-OH is 1. The van der Waals surface area contributed by atoms with Gasteiger partial charge in [-0.1, -0.05) is 39.0 Å². The Hall–Kier alpha value is -1.09. The molecule has 4 atom stereocenters. The van der Waals surface area contributed by atoms with Gasteiger partial charge >= 0.3 is 5.97 Å². The molecule has 3 nitrogen and oxygen atoms in total. The van der Waals surface area contributed by atoms with Crippen LogP contribution < -0.4 is 0 Å². The minimum atomic E-state index is -0.212. The van der Waals surface area contributed by atoms with Crippen molar-refractivity contribution in [1.82, 2.24) is 0 Å². The van der Waals surface area contributed by atoms with Gasteiger partial charge in [-0.25, -0.2) is 4.79 Å². The Balaban J connectivity index is 1.86. The molecular weight excluding hydrogens is 288 g/mol. The molecule has 2 saturated carbocycles. The Labute approximate surface area is 139 Å². The maximum Gasteiger partial charge on any atom is 0.333 e. The van der Waals surface area contributed by atoms with Crippen LogP contribution in [0.2, 0.25) is 0 Å². The summed E-state index contributed by atoms with van der Waals surface area (Å²) in [4.78, 5) is 11.7. The predicted octanol–water partition coefficient (Wildman–Crippen LogP) is 4.02. The first-order valence-corrected chi connectivity index (χ1v) is 8.98. The highest BCUT2D eigenvalue weighted by molar-refractivity contribution is 5.90. The van der Waals surface area contributed by atoms with Gasteiger partial charge in [0.25, 0.3) is 0 Å². The smallest absolute Gasteiger partial charge is 0.333 e. The first kappa shape index (κ1) is 16.8. The SMILES string of the molecule is C=C1CC[C@H]2C(C)(C)[C@@H](O)CC[C@]2(C)[C@H]1C/C=C1\CCOC1=O. The second-order valence-corrected chi connectivity index (χ2v) is 8.53. The van der Waals surface area contributed by atoms with Gasteiger partial charge in [0.05, 0.1) is 12.7 Å². The number of aliphatic hydroxyl groups is 1. The lowest BCUT2D eigenvalue weighted by molar-refractivity contribution is -0.135. The number of allylic oxidation sites excluding steroid dienone is 2. The lowest BCUT2D eigenvalue weighted by Crippen LogP contribution is -2.54. The molecule has 0 radical (unpaired) electrons. The highest BCUT2D eigenvalue weighted by atomic mass is 16.5. The molecule has 0 spiro atoms. The third-order valence-corrected chi connectivity index (χ3v) is 7.02. The number of cyclic esters (lactones) is 1. The molecule has 0 aromatic rings. The molecule has 0 aromatic carbocycles. The Morgan fingerprint density at radius 3 is 2.70 bits per heavy atom. The van der Waals surface area contributed by atoms with Gasteiger partial charge < -0.3 is 9.84 Å². The van der Waals surface area contributed by atoms with Crippen LogP contribution in [-0.2, 0) is 9.53 Å². The lowest BCUT2D eigenvalue weighted by atomic mass is 9.46. The van der Waals surface area contributed by atoms with Crippen LogP contribution >= 0.6 is 0 Å². The first-order valence-electron chi connectivity index (χ1n) is 8.98. The van der Waals surface area contributed by atoms with Crippen molar-refractivity contribution in [3.05, 3.63) is 23.8 Å². The zero-order chi connectivity index (χ0) is 16.8. The molecule has 128 valence electrons. The maximum atomic E-state index is 11.7. The molecule has 0 bridgehead atoms. The van der Waals surface area contributed by atoms with E-state index in [1.54, 1.807) is 0 Å². The van der Waals surface area contributed by atoms with E-state index < -0.39 is 0 Å². The van der Waals surface area contributed by atoms with Gasteiger partial charge in [-0.2, -0.15) is 0 Å². The van der Waals surface area contributed by atoms with Crippen LogP contribution in [0.15, 0.2) is 23.8 Å². The number of rotatable bonds is 2. The summed E-state index contributed by atoms with van der Waals surface area (Å²) in [7, 11) is 0. The van der Waals surface area contributed by atoms with E-state index in [4.69, 9.17) is 4.74 Å². The van der Waals surface area contributed by atoms with Crippen LogP contribution in [0.5, 0.6) is 0 Å². The molecule has 3 fully saturated rings. The summed E-state index contributed by atoms with van der Waals surface area (Å²) in [5.41, 5.74) is 2.26. The summed E-state index contributed by atoms with van der Waals surface area (Å²) in [5, 5.41) is 10.5. The maximum absolute atomic E-state index is 11.7. The quantitative estimate of drug-likeness (QED) is 0.475. The van der Waals surface area contributed by atoms with Gasteiger partial charge in [0.2, 0.25) is 0 Å². The summed E-state index contributed by atoms with van der Waals surface area (Å²) in [6, 6.07) is 0. The summed E-state index contributed by atoms with van der Waals surface area (Å²) < 4.78 is 5.05. The fourth-order valence-corrected chi connectivity index (χ4v) is 5.49. The van der Waals surface area contributed by atoms with Crippen molar-refractivity contribution < 1.29 is 14.6 Å². The normalized spacial score (nSPS) is 41.7. The minimum Gasteiger partial charge on any atom is -0.462 e. The standard InChI is InChI=1S/C20H30O3/c1-13-5-8-16-19(2,3)17(21)9-11-20(16,4)15(13)7-6-14-10-12-23-18(14)22/h6,15-17,21H,1,5,7-12H2,2-4H3/b14-6+/t15-,16-,17-,20+/m0/s1.